The molecule has 4 rings (SSSR count). The number of ether oxygens (including phenoxy) is 2. The highest BCUT2D eigenvalue weighted by atomic mass is 16.5. The minimum absolute atomic E-state index is 0.264. The van der Waals surface area contributed by atoms with Crippen molar-refractivity contribution < 1.29 is 14.3 Å². The van der Waals surface area contributed by atoms with Crippen LogP contribution >= 0.6 is 0 Å². The van der Waals surface area contributed by atoms with Gasteiger partial charge in [-0.05, 0) is 54.6 Å². The second-order valence-electron chi connectivity index (χ2n) is 6.94. The fraction of sp³-hybridized carbons (Fsp3) is 0.238. The third kappa shape index (κ3) is 3.45. The molecule has 0 unspecified atom stereocenters. The van der Waals surface area contributed by atoms with Crippen molar-refractivity contribution in [2.45, 2.75) is 19.9 Å². The Balaban J connectivity index is 1.82. The van der Waals surface area contributed by atoms with E-state index in [9.17, 15) is 4.79 Å². The summed E-state index contributed by atoms with van der Waals surface area (Å²) in [7, 11) is 3.16. The van der Waals surface area contributed by atoms with Crippen LogP contribution in [0.2, 0.25) is 0 Å². The highest BCUT2D eigenvalue weighted by Crippen LogP contribution is 2.40. The number of aromatic nitrogens is 4. The molecule has 0 fully saturated rings. The Morgan fingerprint density at radius 3 is 2.57 bits per heavy atom. The summed E-state index contributed by atoms with van der Waals surface area (Å²) >= 11 is 0. The van der Waals surface area contributed by atoms with E-state index in [-0.39, 0.29) is 5.91 Å². The van der Waals surface area contributed by atoms with Crippen molar-refractivity contribution in [1.82, 2.24) is 20.2 Å². The number of nitrogens with one attached hydrogen (secondary N) is 2. The van der Waals surface area contributed by atoms with Crippen LogP contribution in [0.1, 0.15) is 24.1 Å². The van der Waals surface area contributed by atoms with E-state index in [1.54, 1.807) is 31.0 Å². The van der Waals surface area contributed by atoms with Gasteiger partial charge in [0.2, 0.25) is 5.95 Å². The lowest BCUT2D eigenvalue weighted by Gasteiger charge is -2.29. The Labute approximate surface area is 173 Å². The molecule has 1 aromatic heterocycles. The van der Waals surface area contributed by atoms with Crippen molar-refractivity contribution in [2.24, 2.45) is 0 Å². The van der Waals surface area contributed by atoms with Crippen LogP contribution in [-0.4, -0.2) is 40.3 Å². The molecule has 0 radical (unpaired) electrons. The minimum Gasteiger partial charge on any atom is -0.497 e. The molecule has 1 aliphatic heterocycles. The fourth-order valence-electron chi connectivity index (χ4n) is 3.48. The first-order valence-corrected chi connectivity index (χ1v) is 9.37. The summed E-state index contributed by atoms with van der Waals surface area (Å²) in [4.78, 5) is 13.4. The molecule has 154 valence electrons. The first-order valence-electron chi connectivity index (χ1n) is 9.37. The number of tetrazole rings is 1. The summed E-state index contributed by atoms with van der Waals surface area (Å²) in [5.74, 6) is 1.40. The normalized spacial score (nSPS) is 15.3. The van der Waals surface area contributed by atoms with Crippen LogP contribution in [0, 0.1) is 6.92 Å². The molecule has 2 aromatic carbocycles. The van der Waals surface area contributed by atoms with Crippen LogP contribution in [0.15, 0.2) is 53.7 Å². The summed E-state index contributed by atoms with van der Waals surface area (Å²) < 4.78 is 12.5. The molecule has 2 heterocycles. The number of fused-ring (bicyclic) bond motifs is 1. The topological polar surface area (TPSA) is 103 Å². The molecule has 0 aliphatic carbocycles. The molecule has 2 N–H and O–H groups in total. The van der Waals surface area contributed by atoms with Crippen molar-refractivity contribution >= 4 is 17.5 Å². The van der Waals surface area contributed by atoms with Gasteiger partial charge in [-0.3, -0.25) is 4.79 Å². The van der Waals surface area contributed by atoms with Gasteiger partial charge in [0.25, 0.3) is 5.91 Å². The van der Waals surface area contributed by atoms with E-state index in [0.29, 0.717) is 40.0 Å². The summed E-state index contributed by atoms with van der Waals surface area (Å²) in [6.07, 6.45) is 0. The van der Waals surface area contributed by atoms with Crippen LogP contribution in [0.25, 0.3) is 0 Å². The van der Waals surface area contributed by atoms with Crippen molar-refractivity contribution in [3.05, 3.63) is 64.9 Å². The quantitative estimate of drug-likeness (QED) is 0.671. The smallest absolute Gasteiger partial charge is 0.255 e. The maximum Gasteiger partial charge on any atom is 0.255 e. The van der Waals surface area contributed by atoms with E-state index in [4.69, 9.17) is 9.47 Å². The van der Waals surface area contributed by atoms with Crippen LogP contribution < -0.4 is 20.1 Å². The van der Waals surface area contributed by atoms with Gasteiger partial charge in [0, 0.05) is 16.9 Å². The molecule has 0 spiro atoms. The summed E-state index contributed by atoms with van der Waals surface area (Å²) in [5, 5.41) is 18.0. The fourth-order valence-corrected chi connectivity index (χ4v) is 3.48. The zero-order chi connectivity index (χ0) is 21.3. The van der Waals surface area contributed by atoms with Gasteiger partial charge in [-0.25, -0.2) is 0 Å². The maximum absolute atomic E-state index is 13.4. The summed E-state index contributed by atoms with van der Waals surface area (Å²) in [6, 6.07) is 12.4. The number of anilines is 2. The van der Waals surface area contributed by atoms with Crippen LogP contribution in [0.4, 0.5) is 11.6 Å². The number of amides is 1. The molecule has 1 atom stereocenters. The first-order chi connectivity index (χ1) is 14.5. The highest BCUT2D eigenvalue weighted by Gasteiger charge is 2.36. The molecule has 1 amide bonds. The van der Waals surface area contributed by atoms with E-state index in [1.165, 1.54) is 0 Å². The molecule has 9 heteroatoms. The third-order valence-corrected chi connectivity index (χ3v) is 5.00. The van der Waals surface area contributed by atoms with Gasteiger partial charge in [-0.15, -0.1) is 0 Å². The molecule has 30 heavy (non-hydrogen) atoms. The summed E-state index contributed by atoms with van der Waals surface area (Å²) in [5.41, 5.74) is 3.64. The molecular formula is C21H22N6O3. The average Bonchev–Trinajstić information content (AvgIpc) is 3.21. The van der Waals surface area contributed by atoms with E-state index in [1.807, 2.05) is 44.2 Å². The predicted octanol–water partition coefficient (Wildman–Crippen LogP) is 2.93. The zero-order valence-electron chi connectivity index (χ0n) is 17.1. The third-order valence-electron chi connectivity index (χ3n) is 5.00. The molecular weight excluding hydrogens is 384 g/mol. The number of carbonyl (C=O) groups excluding carboxylic acids is 1. The van der Waals surface area contributed by atoms with Gasteiger partial charge in [-0.1, -0.05) is 22.8 Å². The molecule has 3 aromatic rings. The van der Waals surface area contributed by atoms with Crippen LogP contribution in [0.5, 0.6) is 11.5 Å². The van der Waals surface area contributed by atoms with Crippen molar-refractivity contribution in [3.63, 3.8) is 0 Å². The monoisotopic (exact) mass is 406 g/mol. The van der Waals surface area contributed by atoms with Gasteiger partial charge in [0.15, 0.2) is 0 Å². The Morgan fingerprint density at radius 2 is 1.87 bits per heavy atom. The van der Waals surface area contributed by atoms with Gasteiger partial charge in [0.1, 0.15) is 17.5 Å². The van der Waals surface area contributed by atoms with Gasteiger partial charge in [-0.2, -0.15) is 4.68 Å². The number of nitrogens with zero attached hydrogens (tertiary/aromatic N) is 4. The van der Waals surface area contributed by atoms with E-state index < -0.39 is 6.04 Å². The largest absolute Gasteiger partial charge is 0.497 e. The predicted molar refractivity (Wildman–Crippen MR) is 112 cm³/mol. The van der Waals surface area contributed by atoms with E-state index in [0.717, 1.165) is 5.56 Å². The lowest BCUT2D eigenvalue weighted by molar-refractivity contribution is -0.113. The number of allylic oxidation sites excluding steroid dienone is 1. The van der Waals surface area contributed by atoms with Gasteiger partial charge >= 0.3 is 0 Å². The van der Waals surface area contributed by atoms with E-state index >= 15 is 0 Å². The number of carbonyl (C=O) groups is 1. The number of methoxy groups -OCH3 is 2. The number of hydrogen-bond acceptors (Lipinski definition) is 7. The summed E-state index contributed by atoms with van der Waals surface area (Å²) in [6.45, 7) is 3.82. The van der Waals surface area contributed by atoms with Crippen molar-refractivity contribution in [1.29, 1.82) is 0 Å². The van der Waals surface area contributed by atoms with Gasteiger partial charge in [0.05, 0.1) is 19.8 Å². The number of hydrogen-bond donors (Lipinski definition) is 2. The molecule has 0 saturated heterocycles. The Hall–Kier alpha value is -3.88. The Bertz CT molecular complexity index is 1120. The second-order valence-corrected chi connectivity index (χ2v) is 6.94. The van der Waals surface area contributed by atoms with Crippen LogP contribution in [0.3, 0.4) is 0 Å². The highest BCUT2D eigenvalue weighted by molar-refractivity contribution is 6.06. The second kappa shape index (κ2) is 7.86. The van der Waals surface area contributed by atoms with Crippen molar-refractivity contribution in [2.75, 3.05) is 24.9 Å². The maximum atomic E-state index is 13.4. The zero-order valence-corrected chi connectivity index (χ0v) is 17.1. The molecule has 1 aliphatic rings. The number of rotatable bonds is 5. The van der Waals surface area contributed by atoms with Crippen molar-refractivity contribution in [3.8, 4) is 11.5 Å². The first kappa shape index (κ1) is 19.4. The molecule has 9 nitrogen and oxygen atoms in total. The lowest BCUT2D eigenvalue weighted by atomic mass is 9.94. The van der Waals surface area contributed by atoms with Crippen LogP contribution in [-0.2, 0) is 4.79 Å². The molecule has 0 bridgehead atoms. The Morgan fingerprint density at radius 1 is 1.10 bits per heavy atom. The Kier molecular flexibility index (Phi) is 5.09. The number of aryl methyl sites for hydroxylation is 1. The minimum atomic E-state index is -0.605. The van der Waals surface area contributed by atoms with Gasteiger partial charge < -0.3 is 20.1 Å². The number of benzene rings is 2. The van der Waals surface area contributed by atoms with E-state index in [2.05, 4.69) is 26.2 Å². The SMILES string of the molecule is COc1ccc(OC)c([C@@H]2C(C(=O)Nc3ccc(C)cc3)=C(C)Nc3nnnn32)c1. The lowest BCUT2D eigenvalue weighted by Crippen LogP contribution is -2.31. The molecule has 0 saturated carbocycles. The average molecular weight is 406 g/mol. The standard InChI is InChI=1S/C21H22N6O3/c1-12-5-7-14(8-6-12)23-20(28)18-13(2)22-21-24-25-26-27(21)19(18)16-11-15(29-3)9-10-17(16)30-4/h5-11,19H,1-4H3,(H,23,28)(H,22,24,26)/t19-/m1/s1.